The van der Waals surface area contributed by atoms with Crippen LogP contribution in [-0.2, 0) is 19.5 Å². The first-order chi connectivity index (χ1) is 11.7. The van der Waals surface area contributed by atoms with E-state index in [1.54, 1.807) is 11.3 Å². The third-order valence-corrected chi connectivity index (χ3v) is 5.55. The maximum atomic E-state index is 13.0. The SMILES string of the molecule is Fc1ccc(-c2ccc(CN3CCc4[nH]c(=S)ncc4C3)s2)cc1. The molecule has 24 heavy (non-hydrogen) atoms. The molecule has 4 rings (SSSR count). The van der Waals surface area contributed by atoms with Gasteiger partial charge in [0.1, 0.15) is 5.82 Å². The van der Waals surface area contributed by atoms with E-state index >= 15 is 0 Å². The lowest BCUT2D eigenvalue weighted by Crippen LogP contribution is -2.30. The zero-order chi connectivity index (χ0) is 16.5. The van der Waals surface area contributed by atoms with E-state index in [1.165, 1.54) is 33.1 Å². The van der Waals surface area contributed by atoms with Crippen LogP contribution in [0.15, 0.2) is 42.6 Å². The van der Waals surface area contributed by atoms with Crippen LogP contribution in [0, 0.1) is 10.6 Å². The van der Waals surface area contributed by atoms with Crippen molar-refractivity contribution < 1.29 is 4.39 Å². The molecular formula is C18H16FN3S2. The van der Waals surface area contributed by atoms with Crippen molar-refractivity contribution in [1.29, 1.82) is 0 Å². The molecule has 0 bridgehead atoms. The summed E-state index contributed by atoms with van der Waals surface area (Å²) >= 11 is 6.85. The Bertz CT molecular complexity index is 915. The number of benzene rings is 1. The number of aromatic nitrogens is 2. The van der Waals surface area contributed by atoms with Gasteiger partial charge in [0.2, 0.25) is 0 Å². The van der Waals surface area contributed by atoms with Crippen LogP contribution in [0.4, 0.5) is 4.39 Å². The van der Waals surface area contributed by atoms with Crippen LogP contribution in [0.2, 0.25) is 0 Å². The van der Waals surface area contributed by atoms with Crippen molar-refractivity contribution in [1.82, 2.24) is 14.9 Å². The molecule has 0 spiro atoms. The second-order valence-corrected chi connectivity index (χ2v) is 7.48. The molecule has 0 fully saturated rings. The summed E-state index contributed by atoms with van der Waals surface area (Å²) in [5, 5.41) is 0. The van der Waals surface area contributed by atoms with Gasteiger partial charge in [-0.25, -0.2) is 9.37 Å². The molecule has 0 amide bonds. The van der Waals surface area contributed by atoms with Crippen LogP contribution in [0.25, 0.3) is 10.4 Å². The van der Waals surface area contributed by atoms with Gasteiger partial charge in [-0.15, -0.1) is 11.3 Å². The smallest absolute Gasteiger partial charge is 0.196 e. The summed E-state index contributed by atoms with van der Waals surface area (Å²) in [5.74, 6) is -0.199. The molecule has 0 aliphatic carbocycles. The number of H-pyrrole nitrogens is 1. The molecule has 0 saturated heterocycles. The summed E-state index contributed by atoms with van der Waals surface area (Å²) in [5.41, 5.74) is 3.50. The van der Waals surface area contributed by atoms with E-state index in [2.05, 4.69) is 27.0 Å². The first-order valence-corrected chi connectivity index (χ1v) is 9.04. The molecule has 1 aromatic carbocycles. The number of aromatic amines is 1. The molecule has 0 unspecified atom stereocenters. The highest BCUT2D eigenvalue weighted by Gasteiger charge is 2.17. The predicted molar refractivity (Wildman–Crippen MR) is 97.0 cm³/mol. The molecular weight excluding hydrogens is 341 g/mol. The van der Waals surface area contributed by atoms with E-state index in [0.29, 0.717) is 4.77 Å². The van der Waals surface area contributed by atoms with Crippen LogP contribution in [0.3, 0.4) is 0 Å². The van der Waals surface area contributed by atoms with Crippen LogP contribution in [-0.4, -0.2) is 21.4 Å². The Hall–Kier alpha value is -1.89. The Morgan fingerprint density at radius 2 is 2.04 bits per heavy atom. The molecule has 1 N–H and O–H groups in total. The highest BCUT2D eigenvalue weighted by Crippen LogP contribution is 2.29. The lowest BCUT2D eigenvalue weighted by molar-refractivity contribution is 0.245. The van der Waals surface area contributed by atoms with Crippen molar-refractivity contribution in [2.24, 2.45) is 0 Å². The molecule has 3 heterocycles. The van der Waals surface area contributed by atoms with E-state index in [9.17, 15) is 4.39 Å². The summed E-state index contributed by atoms with van der Waals surface area (Å²) in [4.78, 5) is 12.3. The third kappa shape index (κ3) is 3.31. The van der Waals surface area contributed by atoms with E-state index in [-0.39, 0.29) is 5.82 Å². The molecule has 0 saturated carbocycles. The number of hydrogen-bond acceptors (Lipinski definition) is 4. The zero-order valence-electron chi connectivity index (χ0n) is 13.0. The number of fused-ring (bicyclic) bond motifs is 1. The predicted octanol–water partition coefficient (Wildman–Crippen LogP) is 4.57. The molecule has 0 radical (unpaired) electrons. The van der Waals surface area contributed by atoms with Gasteiger partial charge in [0.15, 0.2) is 4.77 Å². The largest absolute Gasteiger partial charge is 0.334 e. The summed E-state index contributed by atoms with van der Waals surface area (Å²) < 4.78 is 13.6. The third-order valence-electron chi connectivity index (χ3n) is 4.22. The van der Waals surface area contributed by atoms with E-state index in [1.807, 2.05) is 18.3 Å². The number of halogens is 1. The first-order valence-electron chi connectivity index (χ1n) is 7.81. The van der Waals surface area contributed by atoms with Crippen molar-refractivity contribution in [2.45, 2.75) is 19.5 Å². The fourth-order valence-electron chi connectivity index (χ4n) is 2.99. The van der Waals surface area contributed by atoms with Gasteiger partial charge in [0.05, 0.1) is 0 Å². The minimum atomic E-state index is -0.199. The molecule has 2 aromatic heterocycles. The van der Waals surface area contributed by atoms with Crippen molar-refractivity contribution in [3.63, 3.8) is 0 Å². The fourth-order valence-corrected chi connectivity index (χ4v) is 4.22. The Morgan fingerprint density at radius 3 is 2.88 bits per heavy atom. The van der Waals surface area contributed by atoms with E-state index < -0.39 is 0 Å². The molecule has 6 heteroatoms. The van der Waals surface area contributed by atoms with Gasteiger partial charge in [-0.1, -0.05) is 12.1 Å². The summed E-state index contributed by atoms with van der Waals surface area (Å²) in [6.07, 6.45) is 2.86. The molecule has 3 nitrogen and oxygen atoms in total. The number of nitrogens with one attached hydrogen (secondary N) is 1. The number of rotatable bonds is 3. The van der Waals surface area contributed by atoms with Crippen molar-refractivity contribution >= 4 is 23.6 Å². The summed E-state index contributed by atoms with van der Waals surface area (Å²) in [6, 6.07) is 11.0. The highest BCUT2D eigenvalue weighted by molar-refractivity contribution is 7.71. The average Bonchev–Trinajstić information content (AvgIpc) is 3.04. The van der Waals surface area contributed by atoms with Crippen LogP contribution in [0.1, 0.15) is 16.1 Å². The number of thiophene rings is 1. The quantitative estimate of drug-likeness (QED) is 0.697. The van der Waals surface area contributed by atoms with Crippen LogP contribution < -0.4 is 0 Å². The Morgan fingerprint density at radius 1 is 1.21 bits per heavy atom. The van der Waals surface area contributed by atoms with Gasteiger partial charge in [-0.05, 0) is 42.0 Å². The Kier molecular flexibility index (Phi) is 4.26. The first kappa shape index (κ1) is 15.6. The average molecular weight is 357 g/mol. The normalized spacial score (nSPS) is 14.5. The minimum absolute atomic E-state index is 0.199. The van der Waals surface area contributed by atoms with Crippen molar-refractivity contribution in [3.8, 4) is 10.4 Å². The molecule has 0 atom stereocenters. The molecule has 3 aromatic rings. The van der Waals surface area contributed by atoms with Crippen molar-refractivity contribution in [2.75, 3.05) is 6.54 Å². The Labute approximate surface area is 148 Å². The minimum Gasteiger partial charge on any atom is -0.334 e. The lowest BCUT2D eigenvalue weighted by atomic mass is 10.1. The fraction of sp³-hybridized carbons (Fsp3) is 0.222. The second kappa shape index (κ2) is 6.55. The van der Waals surface area contributed by atoms with Gasteiger partial charge in [0.25, 0.3) is 0 Å². The van der Waals surface area contributed by atoms with Crippen LogP contribution in [0.5, 0.6) is 0 Å². The van der Waals surface area contributed by atoms with Gasteiger partial charge in [-0.2, -0.15) is 0 Å². The molecule has 1 aliphatic rings. The maximum absolute atomic E-state index is 13.0. The van der Waals surface area contributed by atoms with E-state index in [4.69, 9.17) is 12.2 Å². The summed E-state index contributed by atoms with van der Waals surface area (Å²) in [6.45, 7) is 2.81. The van der Waals surface area contributed by atoms with E-state index in [0.717, 1.165) is 31.6 Å². The van der Waals surface area contributed by atoms with Gasteiger partial charge >= 0.3 is 0 Å². The number of hydrogen-bond donors (Lipinski definition) is 1. The van der Waals surface area contributed by atoms with Crippen molar-refractivity contribution in [3.05, 3.63) is 69.3 Å². The standard InChI is InChI=1S/C18H16FN3S2/c19-14-3-1-12(2-4-14)17-6-5-15(24-17)11-22-8-7-16-13(10-22)9-20-18(23)21-16/h1-6,9H,7-8,10-11H2,(H,20,21,23). The second-order valence-electron chi connectivity index (χ2n) is 5.93. The zero-order valence-corrected chi connectivity index (χ0v) is 14.6. The van der Waals surface area contributed by atoms with Gasteiger partial charge in [0, 0.05) is 53.3 Å². The molecule has 1 aliphatic heterocycles. The topological polar surface area (TPSA) is 31.9 Å². The van der Waals surface area contributed by atoms with Gasteiger partial charge < -0.3 is 4.98 Å². The lowest BCUT2D eigenvalue weighted by Gasteiger charge is -2.27. The number of nitrogens with zero attached hydrogens (tertiary/aromatic N) is 2. The van der Waals surface area contributed by atoms with Gasteiger partial charge in [-0.3, -0.25) is 4.90 Å². The monoisotopic (exact) mass is 357 g/mol. The molecule has 122 valence electrons. The summed E-state index contributed by atoms with van der Waals surface area (Å²) in [7, 11) is 0. The highest BCUT2D eigenvalue weighted by atomic mass is 32.1. The Balaban J connectivity index is 1.48. The maximum Gasteiger partial charge on any atom is 0.196 e. The van der Waals surface area contributed by atoms with Crippen LogP contribution >= 0.6 is 23.6 Å².